The number of imidazole rings is 1. The third-order valence-corrected chi connectivity index (χ3v) is 7.63. The second-order valence-corrected chi connectivity index (χ2v) is 9.79. The lowest BCUT2D eigenvalue weighted by atomic mass is 9.86. The summed E-state index contributed by atoms with van der Waals surface area (Å²) >= 11 is 0. The average molecular weight is 502 g/mol. The van der Waals surface area contributed by atoms with Crippen LogP contribution >= 0.6 is 0 Å². The van der Waals surface area contributed by atoms with Gasteiger partial charge in [0.2, 0.25) is 6.33 Å². The second-order valence-electron chi connectivity index (χ2n) is 9.79. The highest BCUT2D eigenvalue weighted by Crippen LogP contribution is 2.42. The van der Waals surface area contributed by atoms with Gasteiger partial charge < -0.3 is 23.9 Å². The van der Waals surface area contributed by atoms with Gasteiger partial charge in [0.15, 0.2) is 17.1 Å². The lowest BCUT2D eigenvalue weighted by Gasteiger charge is -2.31. The number of ether oxygens (including phenoxy) is 3. The predicted octanol–water partition coefficient (Wildman–Crippen LogP) is 1.53. The van der Waals surface area contributed by atoms with E-state index >= 15 is 0 Å². The quantitative estimate of drug-likeness (QED) is 0.295. The first-order valence-electron chi connectivity index (χ1n) is 12.3. The molecule has 3 aliphatic rings. The Morgan fingerprint density at radius 3 is 2.62 bits per heavy atom. The van der Waals surface area contributed by atoms with Gasteiger partial charge in [-0.15, -0.1) is 0 Å². The van der Waals surface area contributed by atoms with E-state index in [0.29, 0.717) is 60.3 Å². The zero-order valence-electron chi connectivity index (χ0n) is 20.5. The third-order valence-electron chi connectivity index (χ3n) is 7.63. The molecule has 0 radical (unpaired) electrons. The Hall–Kier alpha value is -4.18. The SMILES string of the molecule is CC[C@@]1(O)C(=O)OCc2c1cc1n(c2=O)Cc2c-1nc1cc3c(cc1c2Cn1cc[n+](C)c1)OCCO3. The van der Waals surface area contributed by atoms with Gasteiger partial charge in [0.1, 0.15) is 38.8 Å². The van der Waals surface area contributed by atoms with Crippen molar-refractivity contribution >= 4 is 16.9 Å². The minimum atomic E-state index is -1.87. The van der Waals surface area contributed by atoms with Gasteiger partial charge in [0, 0.05) is 28.1 Å². The van der Waals surface area contributed by atoms with E-state index in [0.717, 1.165) is 22.0 Å². The number of hydrogen-bond acceptors (Lipinski definition) is 7. The van der Waals surface area contributed by atoms with E-state index in [2.05, 4.69) is 4.57 Å². The molecule has 0 unspecified atom stereocenters. The summed E-state index contributed by atoms with van der Waals surface area (Å²) in [7, 11) is 1.96. The molecule has 6 heterocycles. The lowest BCUT2D eigenvalue weighted by molar-refractivity contribution is -0.671. The van der Waals surface area contributed by atoms with Crippen LogP contribution in [0, 0.1) is 0 Å². The van der Waals surface area contributed by atoms with Gasteiger partial charge in [-0.25, -0.2) is 18.9 Å². The monoisotopic (exact) mass is 501 g/mol. The summed E-state index contributed by atoms with van der Waals surface area (Å²) < 4.78 is 22.6. The predicted molar refractivity (Wildman–Crippen MR) is 130 cm³/mol. The van der Waals surface area contributed by atoms with Gasteiger partial charge in [-0.05, 0) is 18.6 Å². The molecule has 0 amide bonds. The zero-order chi connectivity index (χ0) is 25.5. The fourth-order valence-corrected chi connectivity index (χ4v) is 5.66. The van der Waals surface area contributed by atoms with Crippen molar-refractivity contribution in [1.29, 1.82) is 0 Å². The van der Waals surface area contributed by atoms with Gasteiger partial charge in [-0.2, -0.15) is 0 Å². The largest absolute Gasteiger partial charge is 0.486 e. The summed E-state index contributed by atoms with van der Waals surface area (Å²) in [5.74, 6) is 0.571. The summed E-state index contributed by atoms with van der Waals surface area (Å²) in [5.41, 5.74) is 2.37. The molecule has 10 heteroatoms. The number of aromatic nitrogens is 4. The van der Waals surface area contributed by atoms with Crippen LogP contribution in [0.2, 0.25) is 0 Å². The number of fused-ring (bicyclic) bond motifs is 6. The first kappa shape index (κ1) is 22.1. The van der Waals surface area contributed by atoms with Gasteiger partial charge in [-0.3, -0.25) is 4.79 Å². The fraction of sp³-hybridized carbons (Fsp3) is 0.333. The molecule has 4 aromatic rings. The van der Waals surface area contributed by atoms with E-state index in [1.165, 1.54) is 0 Å². The van der Waals surface area contributed by atoms with Gasteiger partial charge >= 0.3 is 5.97 Å². The van der Waals surface area contributed by atoms with Crippen LogP contribution in [0.3, 0.4) is 0 Å². The van der Waals surface area contributed by atoms with E-state index in [1.54, 1.807) is 17.6 Å². The van der Waals surface area contributed by atoms with Crippen molar-refractivity contribution in [3.05, 3.63) is 69.5 Å². The molecule has 0 aliphatic carbocycles. The number of rotatable bonds is 3. The number of hydrogen-bond donors (Lipinski definition) is 1. The van der Waals surface area contributed by atoms with Gasteiger partial charge in [0.25, 0.3) is 5.56 Å². The highest BCUT2D eigenvalue weighted by atomic mass is 16.6. The number of aliphatic hydroxyl groups is 1. The first-order chi connectivity index (χ1) is 17.9. The summed E-state index contributed by atoms with van der Waals surface area (Å²) in [6.45, 7) is 3.37. The van der Waals surface area contributed by atoms with E-state index in [1.807, 2.05) is 42.5 Å². The fourth-order valence-electron chi connectivity index (χ4n) is 5.66. The van der Waals surface area contributed by atoms with Crippen molar-refractivity contribution in [1.82, 2.24) is 14.1 Å². The van der Waals surface area contributed by atoms with Crippen molar-refractivity contribution in [2.45, 2.75) is 38.6 Å². The second kappa shape index (κ2) is 7.66. The molecule has 37 heavy (non-hydrogen) atoms. The molecule has 0 fully saturated rings. The van der Waals surface area contributed by atoms with Crippen LogP contribution in [0.25, 0.3) is 22.3 Å². The zero-order valence-corrected chi connectivity index (χ0v) is 20.5. The Labute approximate surface area is 211 Å². The van der Waals surface area contributed by atoms with Crippen LogP contribution in [0.5, 0.6) is 11.5 Å². The molecule has 1 N–H and O–H groups in total. The van der Waals surface area contributed by atoms with Gasteiger partial charge in [-0.1, -0.05) is 6.92 Å². The number of pyridine rings is 2. The van der Waals surface area contributed by atoms with Gasteiger partial charge in [0.05, 0.1) is 36.1 Å². The number of esters is 1. The summed E-state index contributed by atoms with van der Waals surface area (Å²) in [6, 6.07) is 5.58. The molecule has 7 rings (SSSR count). The molecule has 0 saturated heterocycles. The van der Waals surface area contributed by atoms with E-state index in [4.69, 9.17) is 19.2 Å². The van der Waals surface area contributed by atoms with E-state index in [9.17, 15) is 14.7 Å². The molecule has 0 bridgehead atoms. The van der Waals surface area contributed by atoms with Crippen LogP contribution in [0.1, 0.15) is 35.6 Å². The van der Waals surface area contributed by atoms with Crippen LogP contribution in [-0.2, 0) is 41.9 Å². The maximum atomic E-state index is 13.6. The van der Waals surface area contributed by atoms with Crippen LogP contribution in [0.4, 0.5) is 0 Å². The lowest BCUT2D eigenvalue weighted by Crippen LogP contribution is -2.44. The van der Waals surface area contributed by atoms with Crippen LogP contribution in [0.15, 0.2) is 41.7 Å². The molecule has 1 aromatic carbocycles. The Kier molecular flexibility index (Phi) is 4.56. The highest BCUT2D eigenvalue weighted by Gasteiger charge is 2.45. The van der Waals surface area contributed by atoms with Crippen LogP contribution < -0.4 is 19.6 Å². The molecule has 0 spiro atoms. The van der Waals surface area contributed by atoms with Crippen molar-refractivity contribution in [3.63, 3.8) is 0 Å². The van der Waals surface area contributed by atoms with Crippen molar-refractivity contribution in [2.24, 2.45) is 7.05 Å². The maximum Gasteiger partial charge on any atom is 0.343 e. The molecular weight excluding hydrogens is 476 g/mol. The molecule has 1 atom stereocenters. The summed E-state index contributed by atoms with van der Waals surface area (Å²) in [6.07, 6.45) is 6.05. The van der Waals surface area contributed by atoms with Crippen molar-refractivity contribution in [2.75, 3.05) is 13.2 Å². The number of benzene rings is 1. The van der Waals surface area contributed by atoms with E-state index < -0.39 is 11.6 Å². The number of nitrogens with zero attached hydrogens (tertiary/aromatic N) is 4. The minimum absolute atomic E-state index is 0.0963. The Bertz CT molecular complexity index is 1700. The molecule has 3 aliphatic heterocycles. The standard InChI is InChI=1S/C27H25N4O6/c1-3-27(34)19-9-21-24-17(12-31(21)25(32)18(19)13-37-26(27)33)16(11-30-5-4-29(2)14-30)15-8-22-23(10-20(15)28-24)36-7-6-35-22/h4-5,8-10,14,34H,3,6-7,11-13H2,1-2H3/q+1/t27-/m0/s1. The third kappa shape index (κ3) is 3.08. The number of cyclic esters (lactones) is 1. The first-order valence-corrected chi connectivity index (χ1v) is 12.3. The summed E-state index contributed by atoms with van der Waals surface area (Å²) in [5, 5.41) is 12.1. The minimum Gasteiger partial charge on any atom is -0.486 e. The molecule has 0 saturated carbocycles. The highest BCUT2D eigenvalue weighted by molar-refractivity contribution is 5.91. The molecule has 10 nitrogen and oxygen atoms in total. The molecule has 3 aromatic heterocycles. The van der Waals surface area contributed by atoms with E-state index in [-0.39, 0.29) is 18.6 Å². The number of carbonyl (C=O) groups is 1. The van der Waals surface area contributed by atoms with Crippen molar-refractivity contribution in [3.8, 4) is 22.9 Å². The average Bonchev–Trinajstić information content (AvgIpc) is 3.48. The number of aryl methyl sites for hydroxylation is 1. The topological polar surface area (TPSA) is 109 Å². The Morgan fingerprint density at radius 2 is 1.89 bits per heavy atom. The smallest absolute Gasteiger partial charge is 0.343 e. The maximum absolute atomic E-state index is 13.6. The normalized spacial score (nSPS) is 19.4. The molecule has 188 valence electrons. The molecular formula is C27H25N4O6+. The Morgan fingerprint density at radius 1 is 1.11 bits per heavy atom. The Balaban J connectivity index is 1.50. The van der Waals surface area contributed by atoms with Crippen molar-refractivity contribution < 1.29 is 28.7 Å². The van der Waals surface area contributed by atoms with Crippen LogP contribution in [-0.4, -0.2) is 38.4 Å². The number of carbonyl (C=O) groups excluding carboxylic acids is 1. The summed E-state index contributed by atoms with van der Waals surface area (Å²) in [4.78, 5) is 31.1.